The number of aromatic nitrogens is 2. The average molecular weight is 289 g/mol. The first kappa shape index (κ1) is 12.7. The molecule has 19 heavy (non-hydrogen) atoms. The second-order valence-electron chi connectivity index (χ2n) is 4.56. The van der Waals surface area contributed by atoms with Crippen molar-refractivity contribution in [3.05, 3.63) is 45.4 Å². The molecule has 3 aromatic heterocycles. The summed E-state index contributed by atoms with van der Waals surface area (Å²) in [6, 6.07) is 4.56. The maximum Gasteiger partial charge on any atom is 0.107 e. The van der Waals surface area contributed by atoms with Crippen molar-refractivity contribution in [1.82, 2.24) is 15.3 Å². The Hall–Kier alpha value is -1.30. The largest absolute Gasteiger partial charge is 0.304 e. The third-order valence-corrected chi connectivity index (χ3v) is 4.87. The van der Waals surface area contributed by atoms with Crippen LogP contribution in [0.25, 0.3) is 10.2 Å². The van der Waals surface area contributed by atoms with Crippen LogP contribution in [0.3, 0.4) is 0 Å². The highest BCUT2D eigenvalue weighted by Gasteiger charge is 2.08. The van der Waals surface area contributed by atoms with Crippen LogP contribution in [0.2, 0.25) is 0 Å². The second kappa shape index (κ2) is 5.36. The Morgan fingerprint density at radius 1 is 1.37 bits per heavy atom. The van der Waals surface area contributed by atoms with Gasteiger partial charge in [0, 0.05) is 29.9 Å². The molecule has 0 aromatic carbocycles. The molecule has 0 amide bonds. The highest BCUT2D eigenvalue weighted by Crippen LogP contribution is 2.22. The van der Waals surface area contributed by atoms with E-state index in [1.54, 1.807) is 22.7 Å². The van der Waals surface area contributed by atoms with Crippen molar-refractivity contribution in [1.29, 1.82) is 0 Å². The number of nitrogens with zero attached hydrogens (tertiary/aromatic N) is 2. The van der Waals surface area contributed by atoms with E-state index in [1.165, 1.54) is 10.3 Å². The van der Waals surface area contributed by atoms with Crippen LogP contribution in [0.5, 0.6) is 0 Å². The number of aryl methyl sites for hydroxylation is 1. The molecular weight excluding hydrogens is 274 g/mol. The number of rotatable bonds is 4. The molecule has 0 radical (unpaired) electrons. The predicted octanol–water partition coefficient (Wildman–Crippen LogP) is 3.91. The molecule has 5 heteroatoms. The van der Waals surface area contributed by atoms with Crippen LogP contribution >= 0.6 is 22.7 Å². The van der Waals surface area contributed by atoms with E-state index in [2.05, 4.69) is 45.1 Å². The normalized spacial score (nSPS) is 12.9. The van der Waals surface area contributed by atoms with Gasteiger partial charge in [0.1, 0.15) is 5.01 Å². The number of pyridine rings is 1. The van der Waals surface area contributed by atoms with Gasteiger partial charge in [-0.2, -0.15) is 0 Å². The summed E-state index contributed by atoms with van der Waals surface area (Å²) in [5, 5.41) is 8.80. The Balaban J connectivity index is 1.70. The van der Waals surface area contributed by atoms with Gasteiger partial charge >= 0.3 is 0 Å². The lowest BCUT2D eigenvalue weighted by atomic mass is 10.1. The molecule has 3 heterocycles. The molecule has 3 nitrogen and oxygen atoms in total. The lowest BCUT2D eigenvalue weighted by Gasteiger charge is -2.12. The highest BCUT2D eigenvalue weighted by atomic mass is 32.1. The van der Waals surface area contributed by atoms with Crippen molar-refractivity contribution in [3.8, 4) is 0 Å². The van der Waals surface area contributed by atoms with Gasteiger partial charge < -0.3 is 5.32 Å². The highest BCUT2D eigenvalue weighted by molar-refractivity contribution is 7.17. The summed E-state index contributed by atoms with van der Waals surface area (Å²) in [6.45, 7) is 5.00. The first-order chi connectivity index (χ1) is 9.22. The van der Waals surface area contributed by atoms with Crippen LogP contribution in [0, 0.1) is 6.92 Å². The van der Waals surface area contributed by atoms with Crippen LogP contribution in [0.1, 0.15) is 29.2 Å². The minimum atomic E-state index is 0.281. The Kier molecular flexibility index (Phi) is 3.59. The Morgan fingerprint density at radius 3 is 3.05 bits per heavy atom. The first-order valence-electron chi connectivity index (χ1n) is 6.20. The van der Waals surface area contributed by atoms with Gasteiger partial charge in [-0.3, -0.25) is 4.98 Å². The Labute approximate surface area is 120 Å². The van der Waals surface area contributed by atoms with Crippen molar-refractivity contribution in [2.45, 2.75) is 26.4 Å². The van der Waals surface area contributed by atoms with Crippen LogP contribution in [0.15, 0.2) is 29.1 Å². The summed E-state index contributed by atoms with van der Waals surface area (Å²) < 4.78 is 1.25. The zero-order valence-corrected chi connectivity index (χ0v) is 12.5. The molecule has 0 fully saturated rings. The quantitative estimate of drug-likeness (QED) is 0.791. The van der Waals surface area contributed by atoms with E-state index in [1.807, 2.05) is 13.1 Å². The van der Waals surface area contributed by atoms with Gasteiger partial charge in [0.15, 0.2) is 0 Å². The Morgan fingerprint density at radius 2 is 2.26 bits per heavy atom. The van der Waals surface area contributed by atoms with Crippen LogP contribution in [-0.4, -0.2) is 9.97 Å². The molecule has 1 N–H and O–H groups in total. The predicted molar refractivity (Wildman–Crippen MR) is 81.7 cm³/mol. The van der Waals surface area contributed by atoms with E-state index in [-0.39, 0.29) is 6.04 Å². The SMILES string of the molecule is Cc1csc(CNC(C)c2cnc3ccsc3c2)n1. The lowest BCUT2D eigenvalue weighted by Crippen LogP contribution is -2.18. The van der Waals surface area contributed by atoms with Crippen molar-refractivity contribution in [2.24, 2.45) is 0 Å². The third-order valence-electron chi connectivity index (χ3n) is 3.05. The molecular formula is C14H15N3S2. The number of nitrogens with one attached hydrogen (secondary N) is 1. The molecule has 1 unspecified atom stereocenters. The molecule has 98 valence electrons. The molecule has 1 atom stereocenters. The monoisotopic (exact) mass is 289 g/mol. The number of thiazole rings is 1. The van der Waals surface area contributed by atoms with Crippen molar-refractivity contribution in [3.63, 3.8) is 0 Å². The minimum Gasteiger partial charge on any atom is -0.304 e. The molecule has 0 aliphatic heterocycles. The second-order valence-corrected chi connectivity index (χ2v) is 6.45. The molecule has 0 saturated carbocycles. The zero-order chi connectivity index (χ0) is 13.2. The van der Waals surface area contributed by atoms with Crippen LogP contribution in [-0.2, 0) is 6.54 Å². The molecule has 3 rings (SSSR count). The van der Waals surface area contributed by atoms with Gasteiger partial charge in [-0.05, 0) is 36.9 Å². The lowest BCUT2D eigenvalue weighted by molar-refractivity contribution is 0.572. The van der Waals surface area contributed by atoms with Gasteiger partial charge in [-0.1, -0.05) is 0 Å². The van der Waals surface area contributed by atoms with Gasteiger partial charge in [-0.25, -0.2) is 4.98 Å². The summed E-state index contributed by atoms with van der Waals surface area (Å²) in [4.78, 5) is 8.94. The molecule has 0 bridgehead atoms. The van der Waals surface area contributed by atoms with E-state index in [0.29, 0.717) is 0 Å². The standard InChI is InChI=1S/C14H15N3S2/c1-9-8-19-14(17-9)7-15-10(2)11-5-13-12(16-6-11)3-4-18-13/h3-6,8,10,15H,7H2,1-2H3. The minimum absolute atomic E-state index is 0.281. The van der Waals surface area contributed by atoms with Gasteiger partial charge in [0.05, 0.1) is 10.2 Å². The molecule has 3 aromatic rings. The van der Waals surface area contributed by atoms with Gasteiger partial charge in [0.2, 0.25) is 0 Å². The van der Waals surface area contributed by atoms with E-state index < -0.39 is 0 Å². The number of thiophene rings is 1. The van der Waals surface area contributed by atoms with E-state index in [0.717, 1.165) is 22.8 Å². The van der Waals surface area contributed by atoms with Gasteiger partial charge in [0.25, 0.3) is 0 Å². The number of hydrogen-bond acceptors (Lipinski definition) is 5. The maximum atomic E-state index is 4.48. The smallest absolute Gasteiger partial charge is 0.107 e. The topological polar surface area (TPSA) is 37.8 Å². The molecule has 0 aliphatic carbocycles. The fourth-order valence-electron chi connectivity index (χ4n) is 1.94. The number of hydrogen-bond donors (Lipinski definition) is 1. The fraction of sp³-hybridized carbons (Fsp3) is 0.286. The summed E-state index contributed by atoms with van der Waals surface area (Å²) in [5.74, 6) is 0. The van der Waals surface area contributed by atoms with E-state index >= 15 is 0 Å². The summed E-state index contributed by atoms with van der Waals surface area (Å²) in [6.07, 6.45) is 1.96. The maximum absolute atomic E-state index is 4.48. The molecule has 0 saturated heterocycles. The first-order valence-corrected chi connectivity index (χ1v) is 7.96. The molecule has 0 aliphatic rings. The third kappa shape index (κ3) is 2.83. The van der Waals surface area contributed by atoms with E-state index in [4.69, 9.17) is 0 Å². The molecule has 0 spiro atoms. The van der Waals surface area contributed by atoms with Crippen molar-refractivity contribution < 1.29 is 0 Å². The van der Waals surface area contributed by atoms with Crippen LogP contribution < -0.4 is 5.32 Å². The summed E-state index contributed by atoms with van der Waals surface area (Å²) in [7, 11) is 0. The zero-order valence-electron chi connectivity index (χ0n) is 10.9. The van der Waals surface area contributed by atoms with E-state index in [9.17, 15) is 0 Å². The Bertz CT molecular complexity index is 687. The average Bonchev–Trinajstić information content (AvgIpc) is 3.03. The number of fused-ring (bicyclic) bond motifs is 1. The van der Waals surface area contributed by atoms with Crippen LogP contribution in [0.4, 0.5) is 0 Å². The van der Waals surface area contributed by atoms with Gasteiger partial charge in [-0.15, -0.1) is 22.7 Å². The fourth-order valence-corrected chi connectivity index (χ4v) is 3.45. The van der Waals surface area contributed by atoms with Crippen molar-refractivity contribution >= 4 is 32.9 Å². The van der Waals surface area contributed by atoms with Crippen molar-refractivity contribution in [2.75, 3.05) is 0 Å². The summed E-state index contributed by atoms with van der Waals surface area (Å²) >= 11 is 3.44. The summed E-state index contributed by atoms with van der Waals surface area (Å²) in [5.41, 5.74) is 3.40.